The Labute approximate surface area is 54.1 Å². The molecule has 3 nitrogen and oxygen atoms in total. The molecule has 0 aliphatic heterocycles. The smallest absolute Gasteiger partial charge is 0.306 e. The van der Waals surface area contributed by atoms with Crippen LogP contribution in [0.15, 0.2) is 0 Å². The second-order valence-corrected chi connectivity index (χ2v) is 1.91. The average molecular weight is 127 g/mol. The molecule has 3 heteroatoms. The van der Waals surface area contributed by atoms with E-state index in [4.69, 9.17) is 11.7 Å². The predicted octanol–water partition coefficient (Wildman–Crippen LogP) is 1.02. The van der Waals surface area contributed by atoms with Crippen LogP contribution < -0.4 is 0 Å². The van der Waals surface area contributed by atoms with Gasteiger partial charge in [-0.15, -0.1) is 0 Å². The summed E-state index contributed by atoms with van der Waals surface area (Å²) < 4.78 is 0. The second kappa shape index (κ2) is 3.90. The third-order valence-corrected chi connectivity index (χ3v) is 1.10. The molecule has 9 heavy (non-hydrogen) atoms. The molecule has 0 aromatic rings. The molecular weight excluding hydrogens is 118 g/mol. The van der Waals surface area contributed by atoms with Crippen LogP contribution >= 0.6 is 0 Å². The molecule has 50 valence electrons. The summed E-state index contributed by atoms with van der Waals surface area (Å²) in [4.78, 5) is 13.1. The van der Waals surface area contributed by atoms with Crippen LogP contribution in [0.1, 0.15) is 13.3 Å². The van der Waals surface area contributed by atoms with Gasteiger partial charge in [-0.2, -0.15) is 0 Å². The van der Waals surface area contributed by atoms with E-state index in [-0.39, 0.29) is 5.92 Å². The van der Waals surface area contributed by atoms with Gasteiger partial charge in [-0.05, 0) is 0 Å². The van der Waals surface area contributed by atoms with E-state index in [9.17, 15) is 4.79 Å². The molecule has 1 atom stereocenters. The first-order chi connectivity index (χ1) is 4.18. The zero-order valence-electron chi connectivity index (χ0n) is 5.29. The van der Waals surface area contributed by atoms with Crippen LogP contribution in [-0.4, -0.2) is 17.6 Å². The van der Waals surface area contributed by atoms with E-state index < -0.39 is 5.97 Å². The minimum atomic E-state index is -0.821. The fraction of sp³-hybridized carbons (Fsp3) is 0.667. The summed E-state index contributed by atoms with van der Waals surface area (Å²) in [5.41, 5.74) is 0. The average Bonchev–Trinajstić information content (AvgIpc) is 1.82. The number of carboxylic acid groups (broad SMARTS) is 1. The lowest BCUT2D eigenvalue weighted by atomic mass is 10.1. The number of hydrogen-bond donors (Lipinski definition) is 1. The minimum Gasteiger partial charge on any atom is -0.481 e. The molecule has 0 aromatic carbocycles. The molecule has 0 aromatic heterocycles. The van der Waals surface area contributed by atoms with Crippen LogP contribution in [0.5, 0.6) is 0 Å². The molecule has 0 aliphatic rings. The molecule has 0 rings (SSSR count). The number of hydrogen-bond acceptors (Lipinski definition) is 1. The van der Waals surface area contributed by atoms with Crippen LogP contribution in [0.3, 0.4) is 0 Å². The molecule has 0 amide bonds. The Hall–Kier alpha value is -1.04. The maximum atomic E-state index is 10.1. The van der Waals surface area contributed by atoms with E-state index in [0.29, 0.717) is 13.0 Å². The summed E-state index contributed by atoms with van der Waals surface area (Å²) in [6, 6.07) is 0. The minimum absolute atomic E-state index is 0.313. The van der Waals surface area contributed by atoms with Gasteiger partial charge in [-0.1, -0.05) is 6.92 Å². The van der Waals surface area contributed by atoms with Gasteiger partial charge in [0.1, 0.15) is 0 Å². The Bertz CT molecular complexity index is 136. The molecular formula is C6H9NO2. The van der Waals surface area contributed by atoms with Crippen molar-refractivity contribution in [2.45, 2.75) is 13.3 Å². The van der Waals surface area contributed by atoms with Gasteiger partial charge in [0.25, 0.3) is 0 Å². The van der Waals surface area contributed by atoms with Crippen LogP contribution in [0.4, 0.5) is 0 Å². The highest BCUT2D eigenvalue weighted by molar-refractivity contribution is 5.69. The molecule has 0 heterocycles. The van der Waals surface area contributed by atoms with Crippen molar-refractivity contribution in [3.8, 4) is 0 Å². The molecule has 0 saturated heterocycles. The van der Waals surface area contributed by atoms with Crippen molar-refractivity contribution >= 4 is 5.97 Å². The zero-order valence-corrected chi connectivity index (χ0v) is 5.29. The van der Waals surface area contributed by atoms with Gasteiger partial charge in [-0.3, -0.25) is 4.79 Å². The van der Waals surface area contributed by atoms with Crippen molar-refractivity contribution in [1.82, 2.24) is 0 Å². The topological polar surface area (TPSA) is 41.7 Å². The van der Waals surface area contributed by atoms with Gasteiger partial charge in [0.15, 0.2) is 0 Å². The van der Waals surface area contributed by atoms with E-state index in [0.717, 1.165) is 0 Å². The Kier molecular flexibility index (Phi) is 3.45. The third-order valence-electron chi connectivity index (χ3n) is 1.10. The first-order valence-electron chi connectivity index (χ1n) is 2.74. The molecule has 0 saturated carbocycles. The molecule has 0 bridgehead atoms. The third kappa shape index (κ3) is 3.53. The van der Waals surface area contributed by atoms with E-state index in [1.165, 1.54) is 0 Å². The number of carboxylic acids is 1. The van der Waals surface area contributed by atoms with Gasteiger partial charge < -0.3 is 9.95 Å². The number of nitrogens with zero attached hydrogens (tertiary/aromatic N) is 1. The van der Waals surface area contributed by atoms with Gasteiger partial charge >= 0.3 is 5.97 Å². The van der Waals surface area contributed by atoms with E-state index in [1.54, 1.807) is 6.92 Å². The van der Waals surface area contributed by atoms with E-state index >= 15 is 0 Å². The van der Waals surface area contributed by atoms with Crippen molar-refractivity contribution in [3.63, 3.8) is 0 Å². The summed E-state index contributed by atoms with van der Waals surface area (Å²) in [5, 5.41) is 8.31. The van der Waals surface area contributed by atoms with Crippen molar-refractivity contribution in [1.29, 1.82) is 0 Å². The standard InChI is InChI=1S/C6H9NO2/c1-5(6(8)9)3-4-7-2/h5H,3-4H2,1H3,(H,8,9). The lowest BCUT2D eigenvalue weighted by Gasteiger charge is -1.97. The highest BCUT2D eigenvalue weighted by atomic mass is 16.4. The molecule has 1 N–H and O–H groups in total. The van der Waals surface area contributed by atoms with E-state index in [2.05, 4.69) is 4.85 Å². The molecule has 0 fully saturated rings. The summed E-state index contributed by atoms with van der Waals surface area (Å²) in [6.07, 6.45) is 0.457. The van der Waals surface area contributed by atoms with E-state index in [1.807, 2.05) is 0 Å². The monoisotopic (exact) mass is 127 g/mol. The maximum absolute atomic E-state index is 10.1. The Balaban J connectivity index is 3.41. The van der Waals surface area contributed by atoms with Gasteiger partial charge in [-0.25, -0.2) is 6.57 Å². The summed E-state index contributed by atoms with van der Waals surface area (Å²) in [6.45, 7) is 8.29. The van der Waals surface area contributed by atoms with Crippen molar-refractivity contribution in [2.24, 2.45) is 5.92 Å². The van der Waals surface area contributed by atoms with Gasteiger partial charge in [0.05, 0.1) is 5.92 Å². The Morgan fingerprint density at radius 2 is 2.44 bits per heavy atom. The zero-order chi connectivity index (χ0) is 7.28. The maximum Gasteiger partial charge on any atom is 0.306 e. The van der Waals surface area contributed by atoms with Crippen LogP contribution in [0.25, 0.3) is 4.85 Å². The Morgan fingerprint density at radius 1 is 1.89 bits per heavy atom. The van der Waals surface area contributed by atoms with Gasteiger partial charge in [0.2, 0.25) is 6.54 Å². The lowest BCUT2D eigenvalue weighted by Crippen LogP contribution is -2.09. The number of aliphatic carboxylic acids is 1. The highest BCUT2D eigenvalue weighted by Crippen LogP contribution is 2.00. The normalized spacial score (nSPS) is 12.0. The van der Waals surface area contributed by atoms with Crippen LogP contribution in [0, 0.1) is 12.5 Å². The lowest BCUT2D eigenvalue weighted by molar-refractivity contribution is -0.141. The van der Waals surface area contributed by atoms with Crippen LogP contribution in [0.2, 0.25) is 0 Å². The molecule has 0 spiro atoms. The first kappa shape index (κ1) is 7.96. The molecule has 0 aliphatic carbocycles. The number of carbonyl (C=O) groups is 1. The summed E-state index contributed by atoms with van der Waals surface area (Å²) >= 11 is 0. The second-order valence-electron chi connectivity index (χ2n) is 1.91. The van der Waals surface area contributed by atoms with Crippen LogP contribution in [-0.2, 0) is 4.79 Å². The fourth-order valence-corrected chi connectivity index (χ4v) is 0.382. The van der Waals surface area contributed by atoms with Crippen molar-refractivity contribution < 1.29 is 9.90 Å². The number of rotatable bonds is 3. The predicted molar refractivity (Wildman–Crippen MR) is 32.9 cm³/mol. The van der Waals surface area contributed by atoms with Gasteiger partial charge in [0, 0.05) is 6.42 Å². The molecule has 1 unspecified atom stereocenters. The SMILES string of the molecule is [C-]#[N+]CCC(C)C(=O)O. The Morgan fingerprint density at radius 3 is 2.78 bits per heavy atom. The van der Waals surface area contributed by atoms with Crippen molar-refractivity contribution in [2.75, 3.05) is 6.54 Å². The quantitative estimate of drug-likeness (QED) is 0.575. The van der Waals surface area contributed by atoms with Crippen molar-refractivity contribution in [3.05, 3.63) is 11.4 Å². The highest BCUT2D eigenvalue weighted by Gasteiger charge is 2.10. The summed E-state index contributed by atoms with van der Waals surface area (Å²) in [7, 11) is 0. The summed E-state index contributed by atoms with van der Waals surface area (Å²) in [5.74, 6) is -1.20. The largest absolute Gasteiger partial charge is 0.481 e. The fourth-order valence-electron chi connectivity index (χ4n) is 0.382. The molecule has 0 radical (unpaired) electrons. The first-order valence-corrected chi connectivity index (χ1v) is 2.74.